The van der Waals surface area contributed by atoms with Crippen molar-refractivity contribution >= 4 is 11.8 Å². The fourth-order valence-electron chi connectivity index (χ4n) is 2.77. The highest BCUT2D eigenvalue weighted by molar-refractivity contribution is 8.02. The number of hydrogen-bond donors (Lipinski definition) is 2. The molecule has 2 fully saturated rings. The molecular weight excluding hydrogens is 218 g/mol. The molecule has 0 radical (unpaired) electrons. The van der Waals surface area contributed by atoms with Gasteiger partial charge in [-0.25, -0.2) is 0 Å². The molecule has 16 heavy (non-hydrogen) atoms. The summed E-state index contributed by atoms with van der Waals surface area (Å²) in [6.07, 6.45) is 0. The minimum absolute atomic E-state index is 0.224. The van der Waals surface area contributed by atoms with Gasteiger partial charge in [0.15, 0.2) is 0 Å². The van der Waals surface area contributed by atoms with Gasteiger partial charge in [0.25, 0.3) is 0 Å². The lowest BCUT2D eigenvalue weighted by Gasteiger charge is -2.34. The summed E-state index contributed by atoms with van der Waals surface area (Å²) in [5.74, 6) is 0. The van der Waals surface area contributed by atoms with Crippen molar-refractivity contribution in [2.45, 2.75) is 43.4 Å². The SMILES string of the molecule is CC1(C)NC(CN2CCNCC2)C(C)(C)S1. The van der Waals surface area contributed by atoms with Crippen LogP contribution in [0.2, 0.25) is 0 Å². The Balaban J connectivity index is 1.93. The third-order valence-electron chi connectivity index (χ3n) is 3.53. The largest absolute Gasteiger partial charge is 0.314 e. The van der Waals surface area contributed by atoms with Gasteiger partial charge in [-0.2, -0.15) is 0 Å². The van der Waals surface area contributed by atoms with E-state index >= 15 is 0 Å². The lowest BCUT2D eigenvalue weighted by molar-refractivity contribution is 0.203. The molecular formula is C12H25N3S. The average Bonchev–Trinajstić information content (AvgIpc) is 2.36. The standard InChI is InChI=1S/C12H25N3S/c1-11(2)10(14-12(3,4)16-11)9-15-7-5-13-6-8-15/h10,13-14H,5-9H2,1-4H3. The van der Waals surface area contributed by atoms with Crippen molar-refractivity contribution in [2.75, 3.05) is 32.7 Å². The normalized spacial score (nSPS) is 34.1. The zero-order valence-corrected chi connectivity index (χ0v) is 11.8. The van der Waals surface area contributed by atoms with E-state index in [9.17, 15) is 0 Å². The van der Waals surface area contributed by atoms with E-state index < -0.39 is 0 Å². The molecule has 2 rings (SSSR count). The Bertz CT molecular complexity index is 247. The number of nitrogens with zero attached hydrogens (tertiary/aromatic N) is 1. The van der Waals surface area contributed by atoms with Gasteiger partial charge in [-0.3, -0.25) is 10.2 Å². The molecule has 0 aliphatic carbocycles. The van der Waals surface area contributed by atoms with Crippen molar-refractivity contribution in [3.05, 3.63) is 0 Å². The van der Waals surface area contributed by atoms with Crippen LogP contribution in [-0.2, 0) is 0 Å². The first-order valence-electron chi connectivity index (χ1n) is 6.30. The fraction of sp³-hybridized carbons (Fsp3) is 1.00. The van der Waals surface area contributed by atoms with Crippen molar-refractivity contribution in [3.63, 3.8) is 0 Å². The predicted molar refractivity (Wildman–Crippen MR) is 72.0 cm³/mol. The van der Waals surface area contributed by atoms with Crippen LogP contribution in [0.25, 0.3) is 0 Å². The molecule has 2 aliphatic heterocycles. The molecule has 0 aromatic heterocycles. The monoisotopic (exact) mass is 243 g/mol. The Labute approximate surface area is 104 Å². The number of nitrogens with one attached hydrogen (secondary N) is 2. The second kappa shape index (κ2) is 4.48. The lowest BCUT2D eigenvalue weighted by Crippen LogP contribution is -2.53. The van der Waals surface area contributed by atoms with Crippen LogP contribution < -0.4 is 10.6 Å². The van der Waals surface area contributed by atoms with Crippen molar-refractivity contribution in [1.29, 1.82) is 0 Å². The minimum Gasteiger partial charge on any atom is -0.314 e. The first-order chi connectivity index (χ1) is 7.39. The van der Waals surface area contributed by atoms with Crippen LogP contribution in [0.4, 0.5) is 0 Å². The van der Waals surface area contributed by atoms with Crippen LogP contribution in [-0.4, -0.2) is 53.3 Å². The first-order valence-corrected chi connectivity index (χ1v) is 7.12. The van der Waals surface area contributed by atoms with Gasteiger partial charge in [0.1, 0.15) is 0 Å². The van der Waals surface area contributed by atoms with E-state index in [0.29, 0.717) is 10.8 Å². The molecule has 4 heteroatoms. The molecule has 94 valence electrons. The highest BCUT2D eigenvalue weighted by Crippen LogP contribution is 2.44. The van der Waals surface area contributed by atoms with E-state index in [1.54, 1.807) is 0 Å². The third kappa shape index (κ3) is 2.92. The quantitative estimate of drug-likeness (QED) is 0.760. The molecule has 1 atom stereocenters. The van der Waals surface area contributed by atoms with Gasteiger partial charge in [-0.05, 0) is 27.7 Å². The Morgan fingerprint density at radius 2 is 1.81 bits per heavy atom. The summed E-state index contributed by atoms with van der Waals surface area (Å²) < 4.78 is 0.342. The van der Waals surface area contributed by atoms with E-state index in [4.69, 9.17) is 0 Å². The van der Waals surface area contributed by atoms with Crippen LogP contribution >= 0.6 is 11.8 Å². The number of rotatable bonds is 2. The van der Waals surface area contributed by atoms with Gasteiger partial charge >= 0.3 is 0 Å². The van der Waals surface area contributed by atoms with Crippen LogP contribution in [0.15, 0.2) is 0 Å². The van der Waals surface area contributed by atoms with Gasteiger partial charge in [-0.15, -0.1) is 11.8 Å². The average molecular weight is 243 g/mol. The maximum Gasteiger partial charge on any atom is 0.0597 e. The van der Waals surface area contributed by atoms with Crippen LogP contribution in [0.5, 0.6) is 0 Å². The van der Waals surface area contributed by atoms with Gasteiger partial charge in [0.2, 0.25) is 0 Å². The zero-order valence-electron chi connectivity index (χ0n) is 11.0. The number of hydrogen-bond acceptors (Lipinski definition) is 4. The molecule has 1 unspecified atom stereocenters. The Hall–Kier alpha value is 0.230. The maximum atomic E-state index is 3.77. The van der Waals surface area contributed by atoms with E-state index in [1.807, 2.05) is 0 Å². The molecule has 2 heterocycles. The molecule has 0 saturated carbocycles. The van der Waals surface area contributed by atoms with E-state index in [0.717, 1.165) is 13.1 Å². The third-order valence-corrected chi connectivity index (χ3v) is 4.97. The lowest BCUT2D eigenvalue weighted by atomic mass is 10.0. The highest BCUT2D eigenvalue weighted by Gasteiger charge is 2.45. The van der Waals surface area contributed by atoms with Gasteiger partial charge in [0, 0.05) is 43.5 Å². The van der Waals surface area contributed by atoms with Crippen molar-refractivity contribution in [3.8, 4) is 0 Å². The molecule has 2 aliphatic rings. The second-order valence-corrected chi connectivity index (χ2v) is 8.24. The molecule has 0 spiro atoms. The molecule has 0 amide bonds. The smallest absolute Gasteiger partial charge is 0.0597 e. The second-order valence-electron chi connectivity index (χ2n) is 5.96. The summed E-state index contributed by atoms with van der Waals surface area (Å²) >= 11 is 2.07. The summed E-state index contributed by atoms with van der Waals surface area (Å²) in [7, 11) is 0. The van der Waals surface area contributed by atoms with Crippen LogP contribution in [0.1, 0.15) is 27.7 Å². The fourth-order valence-corrected chi connectivity index (χ4v) is 4.56. The highest BCUT2D eigenvalue weighted by atomic mass is 32.2. The summed E-state index contributed by atoms with van der Waals surface area (Å²) in [6.45, 7) is 15.2. The molecule has 2 N–H and O–H groups in total. The summed E-state index contributed by atoms with van der Waals surface area (Å²) in [5, 5.41) is 7.18. The topological polar surface area (TPSA) is 27.3 Å². The molecule has 0 aromatic carbocycles. The van der Waals surface area contributed by atoms with Crippen molar-refractivity contribution < 1.29 is 0 Å². The minimum atomic E-state index is 0.224. The van der Waals surface area contributed by atoms with Crippen molar-refractivity contribution in [1.82, 2.24) is 15.5 Å². The Kier molecular flexibility index (Phi) is 3.55. The van der Waals surface area contributed by atoms with Gasteiger partial charge in [-0.1, -0.05) is 0 Å². The van der Waals surface area contributed by atoms with Crippen LogP contribution in [0, 0.1) is 0 Å². The summed E-state index contributed by atoms with van der Waals surface area (Å²) in [6, 6.07) is 0.602. The molecule has 3 nitrogen and oxygen atoms in total. The predicted octanol–water partition coefficient (Wildman–Crippen LogP) is 1.11. The number of piperazine rings is 1. The summed E-state index contributed by atoms with van der Waals surface area (Å²) in [4.78, 5) is 2.81. The van der Waals surface area contributed by atoms with E-state index in [-0.39, 0.29) is 4.87 Å². The Morgan fingerprint density at radius 1 is 1.19 bits per heavy atom. The van der Waals surface area contributed by atoms with Gasteiger partial charge < -0.3 is 5.32 Å². The van der Waals surface area contributed by atoms with Crippen LogP contribution in [0.3, 0.4) is 0 Å². The van der Waals surface area contributed by atoms with Gasteiger partial charge in [0.05, 0.1) is 4.87 Å². The summed E-state index contributed by atoms with van der Waals surface area (Å²) in [5.41, 5.74) is 0. The molecule has 0 aromatic rings. The number of thioether (sulfide) groups is 1. The maximum absolute atomic E-state index is 3.77. The first kappa shape index (κ1) is 12.7. The Morgan fingerprint density at radius 3 is 2.31 bits per heavy atom. The van der Waals surface area contributed by atoms with E-state index in [2.05, 4.69) is 55.0 Å². The molecule has 2 saturated heterocycles. The van der Waals surface area contributed by atoms with E-state index in [1.165, 1.54) is 19.6 Å². The zero-order chi connectivity index (χ0) is 11.8. The molecule has 0 bridgehead atoms. The van der Waals surface area contributed by atoms with Crippen molar-refractivity contribution in [2.24, 2.45) is 0 Å².